The molecule has 12 nitrogen and oxygen atoms in total. The highest BCUT2D eigenvalue weighted by Crippen LogP contribution is 2.27. The van der Waals surface area contributed by atoms with Gasteiger partial charge in [-0.2, -0.15) is 0 Å². The largest absolute Gasteiger partial charge is 0.479 e. The van der Waals surface area contributed by atoms with Gasteiger partial charge in [0, 0.05) is 19.3 Å². The molecule has 0 aliphatic carbocycles. The van der Waals surface area contributed by atoms with Gasteiger partial charge in [0.2, 0.25) is 0 Å². The summed E-state index contributed by atoms with van der Waals surface area (Å²) in [6.45, 7) is 6.03. The van der Waals surface area contributed by atoms with Crippen molar-refractivity contribution in [3.05, 3.63) is 24.3 Å². The molecule has 0 saturated carbocycles. The number of hydrogen-bond donors (Lipinski definition) is 3. The maximum atomic E-state index is 13.1. The van der Waals surface area contributed by atoms with Crippen LogP contribution in [0.1, 0.15) is 329 Å². The number of carbonyl (C=O) groups excluding carboxylic acids is 3. The summed E-state index contributed by atoms with van der Waals surface area (Å²) >= 11 is 0. The summed E-state index contributed by atoms with van der Waals surface area (Å²) in [5.74, 6) is -3.09. The summed E-state index contributed by atoms with van der Waals surface area (Å²) in [6.07, 6.45) is 52.8. The monoisotopic (exact) mass is 1120 g/mol. The minimum absolute atomic E-state index is 0.0632. The van der Waals surface area contributed by atoms with Crippen molar-refractivity contribution >= 4 is 23.9 Å². The Morgan fingerprint density at radius 1 is 0.405 bits per heavy atom. The van der Waals surface area contributed by atoms with Crippen LogP contribution in [0.4, 0.5) is 0 Å². The van der Waals surface area contributed by atoms with Crippen LogP contribution >= 0.6 is 0 Å². The zero-order valence-corrected chi connectivity index (χ0v) is 51.1. The Kier molecular flexibility index (Phi) is 52.3. The lowest BCUT2D eigenvalue weighted by Crippen LogP contribution is -2.61. The van der Waals surface area contributed by atoms with E-state index in [1.165, 1.54) is 199 Å². The molecule has 79 heavy (non-hydrogen) atoms. The second kappa shape index (κ2) is 55.7. The molecule has 0 aromatic heterocycles. The highest BCUT2D eigenvalue weighted by molar-refractivity contribution is 5.74. The molecule has 1 fully saturated rings. The first-order valence-electron chi connectivity index (χ1n) is 33.3. The molecule has 1 heterocycles. The molecule has 462 valence electrons. The fourth-order valence-corrected chi connectivity index (χ4v) is 10.4. The number of ether oxygens (including phenoxy) is 5. The second-order valence-electron chi connectivity index (χ2n) is 23.1. The molecule has 1 rings (SSSR count). The fraction of sp³-hybridized carbons (Fsp3) is 0.881. The topological polar surface area (TPSA) is 175 Å². The minimum Gasteiger partial charge on any atom is -0.479 e. The van der Waals surface area contributed by atoms with Gasteiger partial charge in [0.15, 0.2) is 24.6 Å². The minimum atomic E-state index is -1.90. The lowest BCUT2D eigenvalue weighted by atomic mass is 9.98. The summed E-state index contributed by atoms with van der Waals surface area (Å²) in [5, 5.41) is 31.6. The number of carboxylic acids is 1. The van der Waals surface area contributed by atoms with E-state index >= 15 is 0 Å². The van der Waals surface area contributed by atoms with Gasteiger partial charge >= 0.3 is 23.9 Å². The number of aliphatic hydroxyl groups excluding tert-OH is 2. The Morgan fingerprint density at radius 2 is 0.722 bits per heavy atom. The number of carbonyl (C=O) groups is 4. The smallest absolute Gasteiger partial charge is 0.335 e. The van der Waals surface area contributed by atoms with Gasteiger partial charge in [-0.25, -0.2) is 4.79 Å². The molecule has 0 aromatic carbocycles. The number of aliphatic carboxylic acids is 1. The third-order valence-electron chi connectivity index (χ3n) is 15.5. The van der Waals surface area contributed by atoms with Crippen LogP contribution in [0.25, 0.3) is 0 Å². The van der Waals surface area contributed by atoms with Crippen molar-refractivity contribution < 1.29 is 58.2 Å². The van der Waals surface area contributed by atoms with Gasteiger partial charge in [-0.1, -0.05) is 263 Å². The average molecular weight is 1120 g/mol. The first kappa shape index (κ1) is 74.2. The number of carboxylic acid groups (broad SMARTS) is 1. The van der Waals surface area contributed by atoms with E-state index in [-0.39, 0.29) is 25.9 Å². The first-order chi connectivity index (χ1) is 38.6. The number of rotatable bonds is 58. The van der Waals surface area contributed by atoms with Gasteiger partial charge in [0.05, 0.1) is 6.61 Å². The van der Waals surface area contributed by atoms with Crippen LogP contribution in [-0.2, 0) is 42.9 Å². The van der Waals surface area contributed by atoms with Crippen molar-refractivity contribution in [2.24, 2.45) is 0 Å². The summed E-state index contributed by atoms with van der Waals surface area (Å²) < 4.78 is 28.5. The van der Waals surface area contributed by atoms with Crippen molar-refractivity contribution in [3.8, 4) is 0 Å². The van der Waals surface area contributed by atoms with E-state index in [1.54, 1.807) is 0 Å². The predicted molar refractivity (Wildman–Crippen MR) is 322 cm³/mol. The van der Waals surface area contributed by atoms with Gasteiger partial charge in [-0.05, 0) is 70.6 Å². The summed E-state index contributed by atoms with van der Waals surface area (Å²) in [4.78, 5) is 51.3. The molecule has 6 unspecified atom stereocenters. The molecule has 0 amide bonds. The summed E-state index contributed by atoms with van der Waals surface area (Å²) in [7, 11) is 0. The molecule has 1 aliphatic rings. The summed E-state index contributed by atoms with van der Waals surface area (Å²) in [5.41, 5.74) is 0. The molecule has 6 atom stereocenters. The Hall–Kier alpha value is -2.80. The number of esters is 3. The van der Waals surface area contributed by atoms with Crippen LogP contribution in [0, 0.1) is 0 Å². The van der Waals surface area contributed by atoms with E-state index in [0.29, 0.717) is 19.3 Å². The van der Waals surface area contributed by atoms with Crippen molar-refractivity contribution in [1.29, 1.82) is 0 Å². The van der Waals surface area contributed by atoms with Crippen molar-refractivity contribution in [3.63, 3.8) is 0 Å². The van der Waals surface area contributed by atoms with Crippen LogP contribution < -0.4 is 0 Å². The van der Waals surface area contributed by atoms with E-state index < -0.39 is 67.3 Å². The lowest BCUT2D eigenvalue weighted by molar-refractivity contribution is -0.301. The number of aliphatic hydroxyl groups is 2. The van der Waals surface area contributed by atoms with Gasteiger partial charge in [0.1, 0.15) is 18.8 Å². The van der Waals surface area contributed by atoms with Gasteiger partial charge in [-0.3, -0.25) is 14.4 Å². The molecule has 0 aromatic rings. The normalized spacial score (nSPS) is 17.9. The molecular formula is C67H122O12. The lowest BCUT2D eigenvalue weighted by Gasteiger charge is -2.40. The maximum absolute atomic E-state index is 13.1. The molecule has 3 N–H and O–H groups in total. The van der Waals surface area contributed by atoms with E-state index in [9.17, 15) is 34.5 Å². The highest BCUT2D eigenvalue weighted by Gasteiger charge is 2.50. The number of hydrogen-bond acceptors (Lipinski definition) is 11. The zero-order chi connectivity index (χ0) is 57.5. The molecule has 0 radical (unpaired) electrons. The van der Waals surface area contributed by atoms with Gasteiger partial charge < -0.3 is 39.0 Å². The van der Waals surface area contributed by atoms with Crippen molar-refractivity contribution in [2.75, 3.05) is 13.2 Å². The Morgan fingerprint density at radius 3 is 1.08 bits per heavy atom. The zero-order valence-electron chi connectivity index (χ0n) is 51.1. The highest BCUT2D eigenvalue weighted by atomic mass is 16.7. The first-order valence-corrected chi connectivity index (χ1v) is 33.3. The van der Waals surface area contributed by atoms with Crippen LogP contribution in [0.2, 0.25) is 0 Å². The Balaban J connectivity index is 2.59. The van der Waals surface area contributed by atoms with Gasteiger partial charge in [-0.15, -0.1) is 0 Å². The molecule has 0 bridgehead atoms. The Labute approximate surface area is 483 Å². The van der Waals surface area contributed by atoms with E-state index in [0.717, 1.165) is 70.6 Å². The van der Waals surface area contributed by atoms with Gasteiger partial charge in [0.25, 0.3) is 0 Å². The SMILES string of the molecule is CCCCCCCC/C=C\CCCCCCCCCCCC(=O)OCC(COC1OC(C(=O)O)C(O)C(O)C1OC(=O)CCCCCCCCCCC/C=C\CCCCCCCC)OC(=O)CCCCCCCCCCCCC. The van der Waals surface area contributed by atoms with Crippen LogP contribution in [0.15, 0.2) is 24.3 Å². The predicted octanol–water partition coefficient (Wildman–Crippen LogP) is 17.8. The average Bonchev–Trinajstić information content (AvgIpc) is 3.48. The third kappa shape index (κ3) is 45.4. The molecular weight excluding hydrogens is 997 g/mol. The van der Waals surface area contributed by atoms with E-state index in [1.807, 2.05) is 0 Å². The van der Waals surface area contributed by atoms with Crippen LogP contribution in [0.5, 0.6) is 0 Å². The van der Waals surface area contributed by atoms with E-state index in [4.69, 9.17) is 23.7 Å². The maximum Gasteiger partial charge on any atom is 0.335 e. The second-order valence-corrected chi connectivity index (χ2v) is 23.1. The molecule has 12 heteroatoms. The Bertz CT molecular complexity index is 1470. The third-order valence-corrected chi connectivity index (χ3v) is 15.5. The molecule has 1 aliphatic heterocycles. The summed E-state index contributed by atoms with van der Waals surface area (Å²) in [6, 6.07) is 0. The van der Waals surface area contributed by atoms with Crippen LogP contribution in [0.3, 0.4) is 0 Å². The molecule has 0 spiro atoms. The molecule has 1 saturated heterocycles. The fourth-order valence-electron chi connectivity index (χ4n) is 10.4. The quantitative estimate of drug-likeness (QED) is 0.0228. The van der Waals surface area contributed by atoms with Crippen LogP contribution in [-0.4, -0.2) is 89.2 Å². The number of allylic oxidation sites excluding steroid dienone is 4. The van der Waals surface area contributed by atoms with Crippen molar-refractivity contribution in [2.45, 2.75) is 366 Å². The number of unbranched alkanes of at least 4 members (excludes halogenated alkanes) is 40. The van der Waals surface area contributed by atoms with Crippen molar-refractivity contribution in [1.82, 2.24) is 0 Å². The standard InChI is InChI=1S/C67H122O12/c1-4-7-10-13-16-19-22-24-26-28-30-32-34-36-39-41-44-47-50-53-59(68)75-56-58(77-60(69)54-51-48-45-42-38-21-18-15-12-9-6-3)57-76-67-65(63(72)62(71)64(79-67)66(73)74)78-61(70)55-52-49-46-43-40-37-35-33-31-29-27-25-23-20-17-14-11-8-5-2/h24-27,58,62-65,67,71-72H,4-23,28-57H2,1-3H3,(H,73,74)/b26-24-,27-25-. The van der Waals surface area contributed by atoms with E-state index in [2.05, 4.69) is 45.1 Å².